The molecule has 140 valence electrons. The first-order valence-electron chi connectivity index (χ1n) is 8.23. The van der Waals surface area contributed by atoms with Crippen molar-refractivity contribution in [1.29, 1.82) is 0 Å². The van der Waals surface area contributed by atoms with E-state index >= 15 is 0 Å². The molecule has 3 rings (SSSR count). The topological polar surface area (TPSA) is 71.0 Å². The van der Waals surface area contributed by atoms with E-state index in [4.69, 9.17) is 4.74 Å². The summed E-state index contributed by atoms with van der Waals surface area (Å²) in [6, 6.07) is 15.5. The van der Waals surface area contributed by atoms with Gasteiger partial charge in [0, 0.05) is 23.9 Å². The Kier molecular flexibility index (Phi) is 6.18. The van der Waals surface area contributed by atoms with E-state index < -0.39 is 5.37 Å². The normalized spacial score (nSPS) is 16.0. The van der Waals surface area contributed by atoms with Gasteiger partial charge in [0.25, 0.3) is 0 Å². The van der Waals surface area contributed by atoms with Crippen LogP contribution in [0.1, 0.15) is 30.3 Å². The maximum Gasteiger partial charge on any atom is 0.241 e. The first kappa shape index (κ1) is 19.4. The lowest BCUT2D eigenvalue weighted by Crippen LogP contribution is -2.25. The van der Waals surface area contributed by atoms with E-state index in [1.165, 1.54) is 30.6 Å². The molecule has 1 aliphatic rings. The van der Waals surface area contributed by atoms with Crippen LogP contribution in [-0.2, 0) is 16.2 Å². The molecule has 0 unspecified atom stereocenters. The lowest BCUT2D eigenvalue weighted by atomic mass is 10.2. The minimum atomic E-state index is -0.423. The Bertz CT molecular complexity index is 889. The van der Waals surface area contributed by atoms with Crippen LogP contribution in [0.3, 0.4) is 0 Å². The summed E-state index contributed by atoms with van der Waals surface area (Å²) in [4.78, 5) is 23.4. The Hall–Kier alpha value is -2.32. The van der Waals surface area contributed by atoms with E-state index in [-0.39, 0.29) is 11.8 Å². The van der Waals surface area contributed by atoms with Crippen molar-refractivity contribution in [3.8, 4) is 5.75 Å². The molecule has 8 heteroatoms. The first-order valence-corrected chi connectivity index (χ1v) is 9.90. The van der Waals surface area contributed by atoms with Crippen LogP contribution < -0.4 is 10.1 Å². The number of carbonyl (C=O) groups excluding carboxylic acids is 2. The number of nitrogens with zero attached hydrogens (tertiary/aromatic N) is 2. The number of hydrogen-bond acceptors (Lipinski definition) is 5. The average Bonchev–Trinajstić information content (AvgIpc) is 3.04. The van der Waals surface area contributed by atoms with Crippen molar-refractivity contribution >= 4 is 44.7 Å². The number of amidine groups is 1. The van der Waals surface area contributed by atoms with Crippen LogP contribution in [0.4, 0.5) is 0 Å². The van der Waals surface area contributed by atoms with Crippen molar-refractivity contribution in [2.24, 2.45) is 5.10 Å². The van der Waals surface area contributed by atoms with Crippen LogP contribution in [0.25, 0.3) is 0 Å². The third kappa shape index (κ3) is 4.90. The first-order chi connectivity index (χ1) is 12.9. The van der Waals surface area contributed by atoms with Gasteiger partial charge in [-0.2, -0.15) is 0 Å². The average molecular weight is 448 g/mol. The molecule has 2 amide bonds. The molecule has 0 saturated heterocycles. The second-order valence-corrected chi connectivity index (χ2v) is 7.86. The highest BCUT2D eigenvalue weighted by Gasteiger charge is 2.34. The number of hydrogen-bond donors (Lipinski definition) is 1. The highest BCUT2D eigenvalue weighted by Crippen LogP contribution is 2.43. The highest BCUT2D eigenvalue weighted by atomic mass is 79.9. The zero-order valence-electron chi connectivity index (χ0n) is 14.8. The van der Waals surface area contributed by atoms with Crippen molar-refractivity contribution in [2.45, 2.75) is 25.8 Å². The van der Waals surface area contributed by atoms with E-state index in [9.17, 15) is 9.59 Å². The molecule has 0 radical (unpaired) electrons. The molecule has 2 aromatic carbocycles. The molecule has 0 bridgehead atoms. The van der Waals surface area contributed by atoms with Gasteiger partial charge in [-0.05, 0) is 23.8 Å². The van der Waals surface area contributed by atoms with Crippen LogP contribution in [-0.4, -0.2) is 22.0 Å². The molecule has 1 aliphatic heterocycles. The molecule has 1 heterocycles. The Balaban J connectivity index is 1.87. The minimum absolute atomic E-state index is 0.221. The lowest BCUT2D eigenvalue weighted by Gasteiger charge is -2.22. The molecule has 27 heavy (non-hydrogen) atoms. The number of halogens is 1. The largest absolute Gasteiger partial charge is 0.489 e. The Morgan fingerprint density at radius 3 is 2.63 bits per heavy atom. The predicted octanol–water partition coefficient (Wildman–Crippen LogP) is 4.03. The van der Waals surface area contributed by atoms with Crippen molar-refractivity contribution in [3.05, 3.63) is 64.1 Å². The molecule has 1 atom stereocenters. The Labute approximate surface area is 170 Å². The number of ether oxygens (including phenoxy) is 1. The minimum Gasteiger partial charge on any atom is -0.489 e. The third-order valence-electron chi connectivity index (χ3n) is 3.72. The maximum atomic E-state index is 12.1. The molecular weight excluding hydrogens is 430 g/mol. The Morgan fingerprint density at radius 1 is 1.22 bits per heavy atom. The standard InChI is InChI=1S/C19H18BrN3O3S/c1-12(24)21-19-22-23(13(2)25)18(27-19)16-10-15(20)8-9-17(16)26-11-14-6-4-3-5-7-14/h3-10,18H,11H2,1-2H3,(H,21,22,24)/t18-/m0/s1. The number of nitrogens with one attached hydrogen (secondary N) is 1. The summed E-state index contributed by atoms with van der Waals surface area (Å²) in [6.07, 6.45) is 0. The number of thioether (sulfide) groups is 1. The fourth-order valence-electron chi connectivity index (χ4n) is 2.54. The fourth-order valence-corrected chi connectivity index (χ4v) is 4.08. The van der Waals surface area contributed by atoms with Crippen molar-refractivity contribution < 1.29 is 14.3 Å². The molecule has 0 fully saturated rings. The zero-order valence-corrected chi connectivity index (χ0v) is 17.2. The van der Waals surface area contributed by atoms with Crippen molar-refractivity contribution in [3.63, 3.8) is 0 Å². The van der Waals surface area contributed by atoms with Crippen LogP contribution in [0.5, 0.6) is 5.75 Å². The van der Waals surface area contributed by atoms with Gasteiger partial charge in [0.15, 0.2) is 5.17 Å². The van der Waals surface area contributed by atoms with Gasteiger partial charge >= 0.3 is 0 Å². The molecular formula is C19H18BrN3O3S. The van der Waals surface area contributed by atoms with Crippen LogP contribution in [0, 0.1) is 0 Å². The summed E-state index contributed by atoms with van der Waals surface area (Å²) in [7, 11) is 0. The monoisotopic (exact) mass is 447 g/mol. The van der Waals surface area contributed by atoms with E-state index in [0.29, 0.717) is 17.5 Å². The van der Waals surface area contributed by atoms with Gasteiger partial charge in [-0.3, -0.25) is 9.59 Å². The Morgan fingerprint density at radius 2 is 1.96 bits per heavy atom. The van der Waals surface area contributed by atoms with Gasteiger partial charge in [0.2, 0.25) is 11.8 Å². The second-order valence-electron chi connectivity index (χ2n) is 5.88. The van der Waals surface area contributed by atoms with Crippen LogP contribution in [0.15, 0.2) is 58.1 Å². The van der Waals surface area contributed by atoms with Gasteiger partial charge in [-0.15, -0.1) is 5.10 Å². The summed E-state index contributed by atoms with van der Waals surface area (Å²) in [5.41, 5.74) is 1.84. The summed E-state index contributed by atoms with van der Waals surface area (Å²) in [6.45, 7) is 3.25. The van der Waals surface area contributed by atoms with Crippen LogP contribution >= 0.6 is 27.7 Å². The molecule has 0 aromatic heterocycles. The lowest BCUT2D eigenvalue weighted by molar-refractivity contribution is -0.129. The fraction of sp³-hybridized carbons (Fsp3) is 0.211. The van der Waals surface area contributed by atoms with Crippen LogP contribution in [0.2, 0.25) is 0 Å². The van der Waals surface area contributed by atoms with Gasteiger partial charge in [0.1, 0.15) is 17.7 Å². The summed E-state index contributed by atoms with van der Waals surface area (Å²) in [5, 5.41) is 8.20. The summed E-state index contributed by atoms with van der Waals surface area (Å²) < 4.78 is 6.89. The number of amides is 2. The molecule has 0 saturated carbocycles. The third-order valence-corrected chi connectivity index (χ3v) is 5.30. The van der Waals surface area contributed by atoms with E-state index in [1.54, 1.807) is 0 Å². The number of hydrazone groups is 1. The molecule has 0 spiro atoms. The quantitative estimate of drug-likeness (QED) is 0.767. The van der Waals surface area contributed by atoms with Gasteiger partial charge in [-0.1, -0.05) is 58.0 Å². The highest BCUT2D eigenvalue weighted by molar-refractivity contribution is 9.10. The molecule has 0 aliphatic carbocycles. The van der Waals surface area contributed by atoms with Gasteiger partial charge < -0.3 is 10.1 Å². The molecule has 1 N–H and O–H groups in total. The number of rotatable bonds is 4. The summed E-state index contributed by atoms with van der Waals surface area (Å²) in [5.74, 6) is 0.201. The predicted molar refractivity (Wildman–Crippen MR) is 109 cm³/mol. The summed E-state index contributed by atoms with van der Waals surface area (Å²) >= 11 is 4.77. The number of benzene rings is 2. The van der Waals surface area contributed by atoms with Gasteiger partial charge in [0.05, 0.1) is 0 Å². The van der Waals surface area contributed by atoms with E-state index in [2.05, 4.69) is 26.3 Å². The number of carbonyl (C=O) groups is 2. The molecule has 2 aromatic rings. The smallest absolute Gasteiger partial charge is 0.241 e. The SMILES string of the molecule is CC(=O)NC1=NN(C(C)=O)[C@H](c2cc(Br)ccc2OCc2ccccc2)S1. The van der Waals surface area contributed by atoms with Gasteiger partial charge in [-0.25, -0.2) is 5.01 Å². The second kappa shape index (κ2) is 8.58. The zero-order chi connectivity index (χ0) is 19.4. The molecule has 6 nitrogen and oxygen atoms in total. The van der Waals surface area contributed by atoms with Crippen molar-refractivity contribution in [1.82, 2.24) is 10.3 Å². The van der Waals surface area contributed by atoms with E-state index in [1.807, 2.05) is 48.5 Å². The van der Waals surface area contributed by atoms with E-state index in [0.717, 1.165) is 15.6 Å². The maximum absolute atomic E-state index is 12.1. The van der Waals surface area contributed by atoms with Crippen molar-refractivity contribution in [2.75, 3.05) is 0 Å².